The molecule has 3 amide bonds. The van der Waals surface area contributed by atoms with Gasteiger partial charge in [0, 0.05) is 18.7 Å². The second-order valence-electron chi connectivity index (χ2n) is 9.34. The van der Waals surface area contributed by atoms with Crippen molar-refractivity contribution in [2.75, 3.05) is 18.0 Å². The van der Waals surface area contributed by atoms with Crippen LogP contribution in [0.4, 0.5) is 5.69 Å². The van der Waals surface area contributed by atoms with Crippen molar-refractivity contribution in [2.24, 2.45) is 11.8 Å². The van der Waals surface area contributed by atoms with Gasteiger partial charge in [-0.3, -0.25) is 14.4 Å². The first kappa shape index (κ1) is 20.0. The summed E-state index contributed by atoms with van der Waals surface area (Å²) in [5.74, 6) is 0.648. The maximum Gasteiger partial charge on any atom is 0.266 e. The zero-order valence-electron chi connectivity index (χ0n) is 18.2. The molecule has 2 aromatic rings. The molecule has 5 heteroatoms. The van der Waals surface area contributed by atoms with Crippen LogP contribution in [0.5, 0.6) is 0 Å². The van der Waals surface area contributed by atoms with Crippen molar-refractivity contribution in [3.05, 3.63) is 64.2 Å². The Hall–Kier alpha value is -2.95. The summed E-state index contributed by atoms with van der Waals surface area (Å²) in [6.45, 7) is 5.41. The van der Waals surface area contributed by atoms with Crippen molar-refractivity contribution in [2.45, 2.75) is 46.0 Å². The van der Waals surface area contributed by atoms with Crippen LogP contribution >= 0.6 is 0 Å². The number of carbonyl (C=O) groups excluding carboxylic acids is 3. The lowest BCUT2D eigenvalue weighted by atomic mass is 9.75. The Morgan fingerprint density at radius 3 is 2.42 bits per heavy atom. The fourth-order valence-corrected chi connectivity index (χ4v) is 5.52. The van der Waals surface area contributed by atoms with E-state index in [-0.39, 0.29) is 17.7 Å². The number of fused-ring (bicyclic) bond motifs is 2. The number of piperidine rings is 1. The van der Waals surface area contributed by atoms with Crippen molar-refractivity contribution in [3.8, 4) is 0 Å². The quantitative estimate of drug-likeness (QED) is 0.664. The molecule has 0 radical (unpaired) electrons. The van der Waals surface area contributed by atoms with Gasteiger partial charge in [0.15, 0.2) is 0 Å². The van der Waals surface area contributed by atoms with Crippen LogP contribution in [-0.4, -0.2) is 35.7 Å². The minimum atomic E-state index is -0.352. The SMILES string of the molecule is Cc1ccc(C)c(N2C(=O)c3ccc(C(=O)N4CC[C@@H]5CCCC[C@@H]5C4)cc3C2=O)c1. The molecule has 1 saturated carbocycles. The Morgan fingerprint density at radius 2 is 1.61 bits per heavy atom. The van der Waals surface area contributed by atoms with Gasteiger partial charge in [-0.25, -0.2) is 4.90 Å². The highest BCUT2D eigenvalue weighted by Crippen LogP contribution is 2.37. The average molecular weight is 417 g/mol. The predicted octanol–water partition coefficient (Wildman–Crippen LogP) is 4.76. The summed E-state index contributed by atoms with van der Waals surface area (Å²) >= 11 is 0. The van der Waals surface area contributed by atoms with Crippen molar-refractivity contribution in [3.63, 3.8) is 0 Å². The standard InChI is InChI=1S/C26H28N2O3/c1-16-7-8-17(2)23(13-16)28-25(30)21-10-9-19(14-22(21)26(28)31)24(29)27-12-11-18-5-3-4-6-20(18)15-27/h7-10,13-14,18,20H,3-6,11-12,15H2,1-2H3/t18-,20+/m0/s1. The Labute approximate surface area is 183 Å². The van der Waals surface area contributed by atoms with Crippen molar-refractivity contribution in [1.29, 1.82) is 0 Å². The maximum atomic E-state index is 13.2. The number of benzene rings is 2. The smallest absolute Gasteiger partial charge is 0.266 e. The van der Waals surface area contributed by atoms with Gasteiger partial charge in [0.1, 0.15) is 0 Å². The summed E-state index contributed by atoms with van der Waals surface area (Å²) in [7, 11) is 0. The number of anilines is 1. The molecule has 2 fully saturated rings. The average Bonchev–Trinajstić information content (AvgIpc) is 3.04. The molecule has 2 heterocycles. The Kier molecular flexibility index (Phi) is 4.92. The Balaban J connectivity index is 1.41. The van der Waals surface area contributed by atoms with E-state index in [0.717, 1.165) is 36.6 Å². The van der Waals surface area contributed by atoms with Crippen LogP contribution in [0.3, 0.4) is 0 Å². The number of amides is 3. The van der Waals surface area contributed by atoms with E-state index in [1.54, 1.807) is 18.2 Å². The summed E-state index contributed by atoms with van der Waals surface area (Å²) in [4.78, 5) is 42.6. The molecular formula is C26H28N2O3. The second kappa shape index (κ2) is 7.63. The first-order valence-electron chi connectivity index (χ1n) is 11.3. The van der Waals surface area contributed by atoms with Gasteiger partial charge >= 0.3 is 0 Å². The maximum absolute atomic E-state index is 13.2. The fourth-order valence-electron chi connectivity index (χ4n) is 5.52. The molecule has 1 aliphatic carbocycles. The summed E-state index contributed by atoms with van der Waals surface area (Å²) in [6.07, 6.45) is 6.13. The van der Waals surface area contributed by atoms with Crippen LogP contribution < -0.4 is 4.90 Å². The van der Waals surface area contributed by atoms with Gasteiger partial charge in [-0.2, -0.15) is 0 Å². The van der Waals surface area contributed by atoms with E-state index in [0.29, 0.717) is 28.3 Å². The van der Waals surface area contributed by atoms with Gasteiger partial charge in [0.2, 0.25) is 0 Å². The lowest BCUT2D eigenvalue weighted by Crippen LogP contribution is -2.44. The Morgan fingerprint density at radius 1 is 0.871 bits per heavy atom. The minimum absolute atomic E-state index is 0.0303. The highest BCUT2D eigenvalue weighted by molar-refractivity contribution is 6.35. The third-order valence-corrected chi connectivity index (χ3v) is 7.32. The number of imide groups is 1. The van der Waals surface area contributed by atoms with E-state index in [1.165, 1.54) is 30.6 Å². The lowest BCUT2D eigenvalue weighted by Gasteiger charge is -2.41. The van der Waals surface area contributed by atoms with E-state index in [2.05, 4.69) is 0 Å². The van der Waals surface area contributed by atoms with Crippen LogP contribution in [0.25, 0.3) is 0 Å². The molecule has 5 rings (SSSR count). The minimum Gasteiger partial charge on any atom is -0.338 e. The molecule has 0 N–H and O–H groups in total. The molecule has 1 saturated heterocycles. The normalized spacial score (nSPS) is 23.0. The number of nitrogens with zero attached hydrogens (tertiary/aromatic N) is 2. The van der Waals surface area contributed by atoms with Crippen molar-refractivity contribution < 1.29 is 14.4 Å². The first-order chi connectivity index (χ1) is 14.9. The van der Waals surface area contributed by atoms with Crippen LogP contribution in [0.1, 0.15) is 74.3 Å². The zero-order chi connectivity index (χ0) is 21.7. The van der Waals surface area contributed by atoms with Crippen LogP contribution in [-0.2, 0) is 0 Å². The van der Waals surface area contributed by atoms with Crippen LogP contribution in [0, 0.1) is 25.7 Å². The summed E-state index contributed by atoms with van der Waals surface area (Å²) < 4.78 is 0. The second-order valence-corrected chi connectivity index (χ2v) is 9.34. The molecule has 5 nitrogen and oxygen atoms in total. The fraction of sp³-hybridized carbons (Fsp3) is 0.423. The van der Waals surface area contributed by atoms with Gasteiger partial charge in [-0.1, -0.05) is 31.4 Å². The zero-order valence-corrected chi connectivity index (χ0v) is 18.2. The number of aryl methyl sites for hydroxylation is 2. The summed E-state index contributed by atoms with van der Waals surface area (Å²) in [5, 5.41) is 0. The largest absolute Gasteiger partial charge is 0.338 e. The van der Waals surface area contributed by atoms with Crippen LogP contribution in [0.15, 0.2) is 36.4 Å². The molecule has 160 valence electrons. The van der Waals surface area contributed by atoms with Gasteiger partial charge in [-0.05, 0) is 73.9 Å². The predicted molar refractivity (Wildman–Crippen MR) is 119 cm³/mol. The van der Waals surface area contributed by atoms with E-state index < -0.39 is 0 Å². The van der Waals surface area contributed by atoms with Gasteiger partial charge in [-0.15, -0.1) is 0 Å². The third-order valence-electron chi connectivity index (χ3n) is 7.32. The van der Waals surface area contributed by atoms with Crippen molar-refractivity contribution >= 4 is 23.4 Å². The molecule has 0 unspecified atom stereocenters. The lowest BCUT2D eigenvalue weighted by molar-refractivity contribution is 0.0520. The molecule has 0 aromatic heterocycles. The number of rotatable bonds is 2. The highest BCUT2D eigenvalue weighted by Gasteiger charge is 2.39. The summed E-state index contributed by atoms with van der Waals surface area (Å²) in [6, 6.07) is 10.7. The van der Waals surface area contributed by atoms with E-state index in [1.807, 2.05) is 36.9 Å². The number of likely N-dealkylation sites (tertiary alicyclic amines) is 1. The molecule has 2 atom stereocenters. The van der Waals surface area contributed by atoms with E-state index >= 15 is 0 Å². The van der Waals surface area contributed by atoms with Crippen molar-refractivity contribution in [1.82, 2.24) is 4.90 Å². The third kappa shape index (κ3) is 3.36. The highest BCUT2D eigenvalue weighted by atomic mass is 16.2. The van der Waals surface area contributed by atoms with Gasteiger partial charge in [0.25, 0.3) is 17.7 Å². The van der Waals surface area contributed by atoms with E-state index in [4.69, 9.17) is 0 Å². The molecule has 2 aromatic carbocycles. The monoisotopic (exact) mass is 416 g/mol. The molecule has 0 spiro atoms. The number of carbonyl (C=O) groups is 3. The molecular weight excluding hydrogens is 388 g/mol. The Bertz CT molecular complexity index is 1090. The number of hydrogen-bond acceptors (Lipinski definition) is 3. The molecule has 31 heavy (non-hydrogen) atoms. The number of hydrogen-bond donors (Lipinski definition) is 0. The van der Waals surface area contributed by atoms with Gasteiger partial charge < -0.3 is 4.90 Å². The molecule has 3 aliphatic rings. The van der Waals surface area contributed by atoms with Crippen LogP contribution in [0.2, 0.25) is 0 Å². The topological polar surface area (TPSA) is 57.7 Å². The molecule has 2 aliphatic heterocycles. The molecule has 0 bridgehead atoms. The summed E-state index contributed by atoms with van der Waals surface area (Å²) in [5.41, 5.74) is 3.65. The van der Waals surface area contributed by atoms with E-state index in [9.17, 15) is 14.4 Å². The van der Waals surface area contributed by atoms with Gasteiger partial charge in [0.05, 0.1) is 16.8 Å². The first-order valence-corrected chi connectivity index (χ1v) is 11.3.